The van der Waals surface area contributed by atoms with E-state index in [2.05, 4.69) is 4.90 Å². The highest BCUT2D eigenvalue weighted by atomic mass is 35.5. The first-order chi connectivity index (χ1) is 4.36. The number of hydrogen-bond donors (Lipinski definition) is 0. The zero-order chi connectivity index (χ0) is 6.27. The lowest BCUT2D eigenvalue weighted by Crippen LogP contribution is -2.48. The molecule has 0 aromatic heterocycles. The summed E-state index contributed by atoms with van der Waals surface area (Å²) in [6.07, 6.45) is 2.68. The maximum absolute atomic E-state index is 6.07. The maximum atomic E-state index is 6.07. The van der Waals surface area contributed by atoms with Crippen LogP contribution in [0.25, 0.3) is 0 Å². The molecule has 10 heavy (non-hydrogen) atoms. The molecule has 1 atom stereocenters. The van der Waals surface area contributed by atoms with Crippen LogP contribution >= 0.6 is 24.0 Å². The largest absolute Gasteiger partial charge is 0.302 e. The van der Waals surface area contributed by atoms with Crippen LogP contribution in [0.15, 0.2) is 0 Å². The molecule has 1 nitrogen and oxygen atoms in total. The van der Waals surface area contributed by atoms with Gasteiger partial charge < -0.3 is 4.90 Å². The Balaban J connectivity index is 0.000000500. The third-order valence-electron chi connectivity index (χ3n) is 2.58. The van der Waals surface area contributed by atoms with Crippen molar-refractivity contribution in [2.24, 2.45) is 5.92 Å². The van der Waals surface area contributed by atoms with E-state index in [-0.39, 0.29) is 12.4 Å². The number of nitrogens with zero attached hydrogens (tertiary/aromatic N) is 1. The molecule has 1 unspecified atom stereocenters. The molecular formula is C7H13Cl2N. The van der Waals surface area contributed by atoms with Crippen LogP contribution in [0.1, 0.15) is 12.8 Å². The molecule has 3 saturated heterocycles. The molecule has 0 radical (unpaired) electrons. The summed E-state index contributed by atoms with van der Waals surface area (Å²) in [4.78, 5) is 2.47. The van der Waals surface area contributed by atoms with Crippen LogP contribution in [-0.2, 0) is 0 Å². The summed E-state index contributed by atoms with van der Waals surface area (Å²) in [6, 6.07) is 0. The summed E-state index contributed by atoms with van der Waals surface area (Å²) in [5.74, 6) is 0.844. The van der Waals surface area contributed by atoms with Crippen LogP contribution in [0.5, 0.6) is 0 Å². The molecule has 3 aliphatic rings. The molecule has 0 aromatic carbocycles. The normalized spacial score (nSPS) is 44.7. The average Bonchev–Trinajstić information content (AvgIpc) is 1.90. The van der Waals surface area contributed by atoms with Gasteiger partial charge in [0.15, 0.2) is 0 Å². The van der Waals surface area contributed by atoms with E-state index in [1.165, 1.54) is 25.9 Å². The summed E-state index contributed by atoms with van der Waals surface area (Å²) >= 11 is 6.07. The highest BCUT2D eigenvalue weighted by molar-refractivity contribution is 6.21. The second-order valence-electron chi connectivity index (χ2n) is 3.15. The smallest absolute Gasteiger partial charge is 0.0492 e. The Bertz CT molecular complexity index is 110. The van der Waals surface area contributed by atoms with Crippen LogP contribution in [0.4, 0.5) is 0 Å². The first-order valence-corrected chi connectivity index (χ1v) is 4.16. The number of alkyl halides is 1. The van der Waals surface area contributed by atoms with Gasteiger partial charge in [-0.3, -0.25) is 0 Å². The second-order valence-corrected chi connectivity index (χ2v) is 3.71. The Labute approximate surface area is 73.1 Å². The number of fused-ring (bicyclic) bond motifs is 3. The van der Waals surface area contributed by atoms with Gasteiger partial charge in [0.1, 0.15) is 0 Å². The van der Waals surface area contributed by atoms with Gasteiger partial charge in [-0.1, -0.05) is 0 Å². The van der Waals surface area contributed by atoms with E-state index < -0.39 is 0 Å². The SMILES string of the molecule is Cl.ClC1CN2CCC1CC2. The first kappa shape index (κ1) is 8.63. The summed E-state index contributed by atoms with van der Waals surface area (Å²) in [5.41, 5.74) is 0. The van der Waals surface area contributed by atoms with E-state index in [0.717, 1.165) is 12.5 Å². The third kappa shape index (κ3) is 1.41. The Morgan fingerprint density at radius 2 is 1.80 bits per heavy atom. The van der Waals surface area contributed by atoms with Crippen molar-refractivity contribution in [1.29, 1.82) is 0 Å². The minimum absolute atomic E-state index is 0. The molecule has 2 bridgehead atoms. The summed E-state index contributed by atoms with van der Waals surface area (Å²) in [5, 5.41) is 0.465. The highest BCUT2D eigenvalue weighted by Gasteiger charge is 2.32. The minimum atomic E-state index is 0. The molecule has 0 N–H and O–H groups in total. The predicted octanol–water partition coefficient (Wildman–Crippen LogP) is 1.74. The Hall–Kier alpha value is 0.540. The third-order valence-corrected chi connectivity index (χ3v) is 3.07. The minimum Gasteiger partial charge on any atom is -0.302 e. The van der Waals surface area contributed by atoms with Crippen molar-refractivity contribution in [2.45, 2.75) is 18.2 Å². The number of piperidine rings is 3. The lowest BCUT2D eigenvalue weighted by atomic mass is 9.88. The zero-order valence-electron chi connectivity index (χ0n) is 5.92. The van der Waals surface area contributed by atoms with Gasteiger partial charge in [-0.2, -0.15) is 0 Å². The Kier molecular flexibility index (Phi) is 2.84. The number of hydrogen-bond acceptors (Lipinski definition) is 1. The van der Waals surface area contributed by atoms with Crippen molar-refractivity contribution in [1.82, 2.24) is 4.90 Å². The topological polar surface area (TPSA) is 3.24 Å². The molecular weight excluding hydrogens is 169 g/mol. The van der Waals surface area contributed by atoms with Gasteiger partial charge in [-0.25, -0.2) is 0 Å². The van der Waals surface area contributed by atoms with Gasteiger partial charge in [-0.15, -0.1) is 24.0 Å². The zero-order valence-corrected chi connectivity index (χ0v) is 7.50. The number of rotatable bonds is 0. The van der Waals surface area contributed by atoms with Crippen molar-refractivity contribution < 1.29 is 0 Å². The molecule has 3 fully saturated rings. The lowest BCUT2D eigenvalue weighted by Gasteiger charge is -2.42. The summed E-state index contributed by atoms with van der Waals surface area (Å²) in [7, 11) is 0. The van der Waals surface area contributed by atoms with Crippen LogP contribution < -0.4 is 0 Å². The standard InChI is InChI=1S/C7H12ClN.ClH/c8-7-5-9-3-1-6(7)2-4-9;/h6-7H,1-5H2;1H. The highest BCUT2D eigenvalue weighted by Crippen LogP contribution is 2.30. The molecule has 60 valence electrons. The molecule has 0 saturated carbocycles. The molecule has 3 heterocycles. The van der Waals surface area contributed by atoms with E-state index in [9.17, 15) is 0 Å². The van der Waals surface area contributed by atoms with Gasteiger partial charge in [0.05, 0.1) is 0 Å². The van der Waals surface area contributed by atoms with Crippen molar-refractivity contribution in [2.75, 3.05) is 19.6 Å². The molecule has 3 aliphatic heterocycles. The number of halogens is 2. The van der Waals surface area contributed by atoms with E-state index in [4.69, 9.17) is 11.6 Å². The van der Waals surface area contributed by atoms with Gasteiger partial charge in [0.2, 0.25) is 0 Å². The van der Waals surface area contributed by atoms with Crippen LogP contribution in [-0.4, -0.2) is 29.9 Å². The van der Waals surface area contributed by atoms with Gasteiger partial charge >= 0.3 is 0 Å². The van der Waals surface area contributed by atoms with E-state index in [1.54, 1.807) is 0 Å². The molecule has 0 aromatic rings. The van der Waals surface area contributed by atoms with Crippen molar-refractivity contribution in [3.8, 4) is 0 Å². The monoisotopic (exact) mass is 181 g/mol. The lowest BCUT2D eigenvalue weighted by molar-refractivity contribution is 0.116. The Morgan fingerprint density at radius 3 is 2.00 bits per heavy atom. The van der Waals surface area contributed by atoms with Gasteiger partial charge in [0.25, 0.3) is 0 Å². The molecule has 3 heteroatoms. The predicted molar refractivity (Wildman–Crippen MR) is 46.1 cm³/mol. The van der Waals surface area contributed by atoms with Crippen LogP contribution in [0.3, 0.4) is 0 Å². The molecule has 0 amide bonds. The molecule has 3 rings (SSSR count). The second kappa shape index (κ2) is 3.29. The molecule has 0 aliphatic carbocycles. The van der Waals surface area contributed by atoms with E-state index in [1.807, 2.05) is 0 Å². The quantitative estimate of drug-likeness (QED) is 0.516. The molecule has 0 spiro atoms. The van der Waals surface area contributed by atoms with E-state index in [0.29, 0.717) is 5.38 Å². The van der Waals surface area contributed by atoms with Gasteiger partial charge in [-0.05, 0) is 31.8 Å². The van der Waals surface area contributed by atoms with E-state index >= 15 is 0 Å². The fourth-order valence-electron chi connectivity index (χ4n) is 1.89. The fraction of sp³-hybridized carbons (Fsp3) is 1.00. The van der Waals surface area contributed by atoms with Crippen molar-refractivity contribution in [3.63, 3.8) is 0 Å². The fourth-order valence-corrected chi connectivity index (χ4v) is 2.34. The summed E-state index contributed by atoms with van der Waals surface area (Å²) in [6.45, 7) is 3.74. The van der Waals surface area contributed by atoms with Crippen molar-refractivity contribution in [3.05, 3.63) is 0 Å². The summed E-state index contributed by atoms with van der Waals surface area (Å²) < 4.78 is 0. The van der Waals surface area contributed by atoms with Crippen LogP contribution in [0.2, 0.25) is 0 Å². The average molecular weight is 182 g/mol. The van der Waals surface area contributed by atoms with Crippen LogP contribution in [0, 0.1) is 5.92 Å². The maximum Gasteiger partial charge on any atom is 0.0492 e. The van der Waals surface area contributed by atoms with Gasteiger partial charge in [0, 0.05) is 11.9 Å². The Morgan fingerprint density at radius 1 is 1.20 bits per heavy atom. The first-order valence-electron chi connectivity index (χ1n) is 3.72. The van der Waals surface area contributed by atoms with Crippen molar-refractivity contribution >= 4 is 24.0 Å².